The Morgan fingerprint density at radius 1 is 0.622 bits per heavy atom. The highest BCUT2D eigenvalue weighted by Gasteiger charge is 2.80. The standard InChI is InChI=1S/C30H56O7/c1-13-16-26(10,19(4)5)22(23(31)32)29(37,24(33)34)30(25(35)36,27(11,17-14-2)20(6)7)28(12,18-15-3)21(8)9/h19-22,37H,13-18H2,1-12H3,(H,31,32)(H,33,34)(H,35,36). The van der Waals surface area contributed by atoms with Gasteiger partial charge in [0.2, 0.25) is 0 Å². The highest BCUT2D eigenvalue weighted by Crippen LogP contribution is 2.69. The fourth-order valence-electron chi connectivity index (χ4n) is 7.78. The van der Waals surface area contributed by atoms with Crippen molar-refractivity contribution in [3.63, 3.8) is 0 Å². The van der Waals surface area contributed by atoms with Gasteiger partial charge in [-0.2, -0.15) is 0 Å². The van der Waals surface area contributed by atoms with Crippen LogP contribution < -0.4 is 0 Å². The minimum atomic E-state index is -3.11. The molecule has 7 heteroatoms. The Morgan fingerprint density at radius 3 is 1.16 bits per heavy atom. The third-order valence-electron chi connectivity index (χ3n) is 10.5. The maximum Gasteiger partial charge on any atom is 0.337 e. The van der Waals surface area contributed by atoms with Crippen molar-refractivity contribution >= 4 is 17.9 Å². The van der Waals surface area contributed by atoms with Gasteiger partial charge in [-0.3, -0.25) is 9.59 Å². The quantitative estimate of drug-likeness (QED) is 0.160. The molecule has 5 unspecified atom stereocenters. The highest BCUT2D eigenvalue weighted by atomic mass is 16.4. The summed E-state index contributed by atoms with van der Waals surface area (Å²) in [6.45, 7) is 21.9. The lowest BCUT2D eigenvalue weighted by Crippen LogP contribution is -2.78. The molecule has 218 valence electrons. The van der Waals surface area contributed by atoms with Crippen LogP contribution in [0, 0.1) is 45.3 Å². The van der Waals surface area contributed by atoms with Gasteiger partial charge in [0.05, 0.1) is 0 Å². The van der Waals surface area contributed by atoms with Gasteiger partial charge in [-0.15, -0.1) is 0 Å². The zero-order valence-electron chi connectivity index (χ0n) is 25.6. The number of carboxylic acids is 3. The fourth-order valence-corrected chi connectivity index (χ4v) is 7.78. The zero-order chi connectivity index (χ0) is 29.8. The Hall–Kier alpha value is -1.63. The Labute approximate surface area is 225 Å². The van der Waals surface area contributed by atoms with Crippen molar-refractivity contribution in [1.82, 2.24) is 0 Å². The second-order valence-corrected chi connectivity index (χ2v) is 13.0. The van der Waals surface area contributed by atoms with E-state index in [0.717, 1.165) is 0 Å². The lowest BCUT2D eigenvalue weighted by Gasteiger charge is -2.66. The largest absolute Gasteiger partial charge is 0.481 e. The van der Waals surface area contributed by atoms with Gasteiger partial charge in [0.15, 0.2) is 5.60 Å². The summed E-state index contributed by atoms with van der Waals surface area (Å²) in [6, 6.07) is 0. The maximum atomic E-state index is 14.0. The van der Waals surface area contributed by atoms with Crippen LogP contribution in [0.15, 0.2) is 0 Å². The van der Waals surface area contributed by atoms with Crippen molar-refractivity contribution in [2.24, 2.45) is 45.3 Å². The molecule has 0 aliphatic heterocycles. The number of rotatable bonds is 17. The third-order valence-corrected chi connectivity index (χ3v) is 10.5. The second kappa shape index (κ2) is 12.5. The van der Waals surface area contributed by atoms with Crippen LogP contribution >= 0.6 is 0 Å². The minimum absolute atomic E-state index is 0.317. The van der Waals surface area contributed by atoms with Gasteiger partial charge < -0.3 is 20.4 Å². The summed E-state index contributed by atoms with van der Waals surface area (Å²) >= 11 is 0. The Balaban J connectivity index is 8.74. The van der Waals surface area contributed by atoms with Gasteiger partial charge in [-0.1, -0.05) is 102 Å². The molecule has 4 N–H and O–H groups in total. The minimum Gasteiger partial charge on any atom is -0.481 e. The van der Waals surface area contributed by atoms with Gasteiger partial charge in [0.25, 0.3) is 0 Å². The first-order chi connectivity index (χ1) is 16.7. The molecule has 0 aliphatic carbocycles. The van der Waals surface area contributed by atoms with Crippen molar-refractivity contribution in [1.29, 1.82) is 0 Å². The second-order valence-electron chi connectivity index (χ2n) is 13.0. The Bertz CT molecular complexity index is 780. The van der Waals surface area contributed by atoms with E-state index in [-0.39, 0.29) is 17.8 Å². The average molecular weight is 529 g/mol. The van der Waals surface area contributed by atoms with E-state index in [1.54, 1.807) is 20.8 Å². The average Bonchev–Trinajstić information content (AvgIpc) is 2.73. The molecule has 0 fully saturated rings. The van der Waals surface area contributed by atoms with E-state index in [4.69, 9.17) is 0 Å². The summed E-state index contributed by atoms with van der Waals surface area (Å²) in [5, 5.41) is 46.0. The smallest absolute Gasteiger partial charge is 0.337 e. The number of hydrogen-bond donors (Lipinski definition) is 4. The first kappa shape index (κ1) is 35.4. The Morgan fingerprint density at radius 2 is 0.973 bits per heavy atom. The summed E-state index contributed by atoms with van der Waals surface area (Å²) in [6.07, 6.45) is 2.61. The predicted octanol–water partition coefficient (Wildman–Crippen LogP) is 6.96. The van der Waals surface area contributed by atoms with Crippen molar-refractivity contribution < 1.29 is 34.8 Å². The molecule has 0 bridgehead atoms. The van der Waals surface area contributed by atoms with Crippen LogP contribution in [-0.4, -0.2) is 43.9 Å². The third kappa shape index (κ3) is 5.18. The fraction of sp³-hybridized carbons (Fsp3) is 0.900. The number of hydrogen-bond acceptors (Lipinski definition) is 4. The molecule has 0 saturated heterocycles. The zero-order valence-corrected chi connectivity index (χ0v) is 25.6. The summed E-state index contributed by atoms with van der Waals surface area (Å²) in [5.74, 6) is -7.63. The molecule has 0 radical (unpaired) electrons. The van der Waals surface area contributed by atoms with Gasteiger partial charge in [0.1, 0.15) is 11.3 Å². The number of carboxylic acid groups (broad SMARTS) is 3. The molecular weight excluding hydrogens is 472 g/mol. The summed E-state index contributed by atoms with van der Waals surface area (Å²) in [5.41, 5.74) is -9.15. The molecule has 0 aliphatic rings. The lowest BCUT2D eigenvalue weighted by molar-refractivity contribution is -0.275. The molecule has 0 saturated carbocycles. The van der Waals surface area contributed by atoms with Crippen LogP contribution in [0.4, 0.5) is 0 Å². The molecule has 5 atom stereocenters. The molecule has 7 nitrogen and oxygen atoms in total. The summed E-state index contributed by atoms with van der Waals surface area (Å²) in [7, 11) is 0. The van der Waals surface area contributed by atoms with E-state index in [0.29, 0.717) is 38.5 Å². The molecule has 37 heavy (non-hydrogen) atoms. The van der Waals surface area contributed by atoms with Crippen LogP contribution in [0.5, 0.6) is 0 Å². The van der Waals surface area contributed by atoms with Gasteiger partial charge in [-0.05, 0) is 53.3 Å². The number of aliphatic hydroxyl groups is 1. The first-order valence-corrected chi connectivity index (χ1v) is 14.1. The summed E-state index contributed by atoms with van der Waals surface area (Å²) in [4.78, 5) is 40.8. The lowest BCUT2D eigenvalue weighted by atomic mass is 9.36. The van der Waals surface area contributed by atoms with Gasteiger partial charge in [0, 0.05) is 0 Å². The molecular formula is C30H56O7. The number of aliphatic carboxylic acids is 3. The monoisotopic (exact) mass is 528 g/mol. The SMILES string of the molecule is CCCC(C)(C(C)C)C(C(=O)O)C(O)(C(=O)O)C(C(=O)O)(C(C)(CCC)C(C)C)C(C)(CCC)C(C)C. The van der Waals surface area contributed by atoms with Crippen LogP contribution in [0.1, 0.15) is 122 Å². The highest BCUT2D eigenvalue weighted by molar-refractivity contribution is 5.95. The van der Waals surface area contributed by atoms with E-state index in [9.17, 15) is 34.8 Å². The normalized spacial score (nSPS) is 21.4. The molecule has 0 spiro atoms. The van der Waals surface area contributed by atoms with E-state index in [1.807, 2.05) is 62.3 Å². The van der Waals surface area contributed by atoms with E-state index < -0.39 is 51.1 Å². The van der Waals surface area contributed by atoms with Gasteiger partial charge >= 0.3 is 17.9 Å². The summed E-state index contributed by atoms with van der Waals surface area (Å²) < 4.78 is 0. The van der Waals surface area contributed by atoms with Crippen LogP contribution in [0.25, 0.3) is 0 Å². The van der Waals surface area contributed by atoms with Crippen molar-refractivity contribution in [3.05, 3.63) is 0 Å². The van der Waals surface area contributed by atoms with Crippen molar-refractivity contribution in [3.8, 4) is 0 Å². The van der Waals surface area contributed by atoms with Crippen LogP contribution in [-0.2, 0) is 14.4 Å². The number of carbonyl (C=O) groups is 3. The molecule has 0 rings (SSSR count). The first-order valence-electron chi connectivity index (χ1n) is 14.1. The molecule has 0 aromatic heterocycles. The van der Waals surface area contributed by atoms with Crippen LogP contribution in [0.2, 0.25) is 0 Å². The molecule has 0 aromatic rings. The maximum absolute atomic E-state index is 14.0. The molecule has 0 heterocycles. The van der Waals surface area contributed by atoms with Crippen molar-refractivity contribution in [2.45, 2.75) is 127 Å². The van der Waals surface area contributed by atoms with E-state index >= 15 is 0 Å². The van der Waals surface area contributed by atoms with E-state index in [2.05, 4.69) is 0 Å². The van der Waals surface area contributed by atoms with E-state index in [1.165, 1.54) is 0 Å². The molecule has 0 amide bonds. The topological polar surface area (TPSA) is 132 Å². The molecule has 0 aromatic carbocycles. The Kier molecular flexibility index (Phi) is 11.9. The van der Waals surface area contributed by atoms with Crippen molar-refractivity contribution in [2.75, 3.05) is 0 Å². The van der Waals surface area contributed by atoms with Crippen LogP contribution in [0.3, 0.4) is 0 Å². The van der Waals surface area contributed by atoms with Gasteiger partial charge in [-0.25, -0.2) is 4.79 Å². The predicted molar refractivity (Wildman–Crippen MR) is 147 cm³/mol.